The summed E-state index contributed by atoms with van der Waals surface area (Å²) in [4.78, 5) is 16.9. The zero-order valence-electron chi connectivity index (χ0n) is 15.2. The molecule has 2 aromatic heterocycles. The lowest BCUT2D eigenvalue weighted by Gasteiger charge is -2.06. The lowest BCUT2D eigenvalue weighted by molar-refractivity contribution is -0.113. The van der Waals surface area contributed by atoms with Crippen molar-refractivity contribution >= 4 is 57.0 Å². The lowest BCUT2D eigenvalue weighted by Crippen LogP contribution is -2.14. The molecule has 2 heterocycles. The van der Waals surface area contributed by atoms with Gasteiger partial charge in [0, 0.05) is 22.6 Å². The minimum atomic E-state index is -0.134. The SMILES string of the molecule is CCCn1c2ccccc2c2nnc(SCC(=O)Nc3ccc(Cl)cc3)nc21. The van der Waals surface area contributed by atoms with Gasteiger partial charge in [0.25, 0.3) is 0 Å². The van der Waals surface area contributed by atoms with Gasteiger partial charge in [-0.05, 0) is 36.8 Å². The van der Waals surface area contributed by atoms with Crippen molar-refractivity contribution in [1.82, 2.24) is 19.7 Å². The number of carbonyl (C=O) groups is 1. The molecule has 142 valence electrons. The molecule has 0 atom stereocenters. The largest absolute Gasteiger partial charge is 0.325 e. The van der Waals surface area contributed by atoms with Gasteiger partial charge in [-0.3, -0.25) is 4.79 Å². The molecular formula is C20H18ClN5OS. The van der Waals surface area contributed by atoms with E-state index in [1.165, 1.54) is 11.8 Å². The Morgan fingerprint density at radius 1 is 1.14 bits per heavy atom. The number of nitrogens with one attached hydrogen (secondary N) is 1. The Balaban J connectivity index is 1.54. The van der Waals surface area contributed by atoms with E-state index in [0.29, 0.717) is 15.9 Å². The van der Waals surface area contributed by atoms with E-state index in [4.69, 9.17) is 11.6 Å². The van der Waals surface area contributed by atoms with Crippen LogP contribution in [0.15, 0.2) is 53.7 Å². The van der Waals surface area contributed by atoms with E-state index in [0.717, 1.165) is 35.0 Å². The van der Waals surface area contributed by atoms with Crippen molar-refractivity contribution in [2.45, 2.75) is 25.0 Å². The first-order valence-electron chi connectivity index (χ1n) is 8.95. The third-order valence-electron chi connectivity index (χ3n) is 4.26. The highest BCUT2D eigenvalue weighted by Crippen LogP contribution is 2.27. The summed E-state index contributed by atoms with van der Waals surface area (Å²) < 4.78 is 2.16. The molecule has 1 N–H and O–H groups in total. The normalized spacial score (nSPS) is 11.2. The minimum absolute atomic E-state index is 0.134. The van der Waals surface area contributed by atoms with Crippen molar-refractivity contribution < 1.29 is 4.79 Å². The average molecular weight is 412 g/mol. The van der Waals surface area contributed by atoms with Gasteiger partial charge in [0.05, 0.1) is 11.3 Å². The van der Waals surface area contributed by atoms with E-state index in [1.54, 1.807) is 24.3 Å². The van der Waals surface area contributed by atoms with E-state index < -0.39 is 0 Å². The summed E-state index contributed by atoms with van der Waals surface area (Å²) in [7, 11) is 0. The van der Waals surface area contributed by atoms with Crippen LogP contribution in [0.5, 0.6) is 0 Å². The van der Waals surface area contributed by atoms with Crippen LogP contribution in [0.3, 0.4) is 0 Å². The summed E-state index contributed by atoms with van der Waals surface area (Å²) in [6.45, 7) is 2.98. The Hall–Kier alpha value is -2.64. The number of amides is 1. The molecule has 0 bridgehead atoms. The Morgan fingerprint density at radius 3 is 2.71 bits per heavy atom. The summed E-state index contributed by atoms with van der Waals surface area (Å²) in [6.07, 6.45) is 0.990. The van der Waals surface area contributed by atoms with Crippen molar-refractivity contribution in [3.05, 3.63) is 53.6 Å². The van der Waals surface area contributed by atoms with Crippen LogP contribution in [-0.4, -0.2) is 31.4 Å². The third kappa shape index (κ3) is 3.81. The second kappa shape index (κ2) is 8.16. The number of nitrogens with zero attached hydrogens (tertiary/aromatic N) is 4. The summed E-state index contributed by atoms with van der Waals surface area (Å²) in [5.41, 5.74) is 3.40. The molecule has 28 heavy (non-hydrogen) atoms. The fraction of sp³-hybridized carbons (Fsp3) is 0.200. The highest BCUT2D eigenvalue weighted by Gasteiger charge is 2.15. The number of rotatable bonds is 6. The monoisotopic (exact) mass is 411 g/mol. The van der Waals surface area contributed by atoms with E-state index in [1.807, 2.05) is 18.2 Å². The number of para-hydroxylation sites is 1. The van der Waals surface area contributed by atoms with Crippen molar-refractivity contribution in [1.29, 1.82) is 0 Å². The predicted molar refractivity (Wildman–Crippen MR) is 114 cm³/mol. The van der Waals surface area contributed by atoms with Crippen molar-refractivity contribution in [2.75, 3.05) is 11.1 Å². The molecule has 0 unspecified atom stereocenters. The smallest absolute Gasteiger partial charge is 0.234 e. The van der Waals surface area contributed by atoms with Crippen molar-refractivity contribution in [2.24, 2.45) is 0 Å². The highest BCUT2D eigenvalue weighted by molar-refractivity contribution is 7.99. The van der Waals surface area contributed by atoms with Crippen LogP contribution >= 0.6 is 23.4 Å². The number of aryl methyl sites for hydroxylation is 1. The number of hydrogen-bond acceptors (Lipinski definition) is 5. The molecule has 1 amide bonds. The summed E-state index contributed by atoms with van der Waals surface area (Å²) in [6, 6.07) is 15.1. The van der Waals surface area contributed by atoms with Crippen LogP contribution in [0.2, 0.25) is 5.02 Å². The Labute approximate surface area is 171 Å². The van der Waals surface area contributed by atoms with E-state index in [2.05, 4.69) is 38.1 Å². The second-order valence-corrected chi connectivity index (χ2v) is 7.66. The van der Waals surface area contributed by atoms with E-state index in [-0.39, 0.29) is 11.7 Å². The molecule has 0 aliphatic carbocycles. The molecule has 0 spiro atoms. The third-order valence-corrected chi connectivity index (χ3v) is 5.35. The van der Waals surface area contributed by atoms with Crippen LogP contribution in [0.4, 0.5) is 5.69 Å². The zero-order chi connectivity index (χ0) is 19.5. The number of fused-ring (bicyclic) bond motifs is 3. The minimum Gasteiger partial charge on any atom is -0.325 e. The van der Waals surface area contributed by atoms with Crippen LogP contribution in [0, 0.1) is 0 Å². The number of benzene rings is 2. The van der Waals surface area contributed by atoms with Crippen molar-refractivity contribution in [3.8, 4) is 0 Å². The van der Waals surface area contributed by atoms with Gasteiger partial charge >= 0.3 is 0 Å². The van der Waals surface area contributed by atoms with Gasteiger partial charge in [-0.1, -0.05) is 48.5 Å². The van der Waals surface area contributed by atoms with Crippen molar-refractivity contribution in [3.63, 3.8) is 0 Å². The first kappa shape index (κ1) is 18.7. The van der Waals surface area contributed by atoms with Crippen LogP contribution in [-0.2, 0) is 11.3 Å². The molecule has 2 aromatic carbocycles. The van der Waals surface area contributed by atoms with Crippen LogP contribution in [0.1, 0.15) is 13.3 Å². The first-order chi connectivity index (χ1) is 13.7. The quantitative estimate of drug-likeness (QED) is 0.462. The molecule has 6 nitrogen and oxygen atoms in total. The highest BCUT2D eigenvalue weighted by atomic mass is 35.5. The Bertz CT molecular complexity index is 1140. The molecule has 0 radical (unpaired) electrons. The number of hydrogen-bond donors (Lipinski definition) is 1. The number of carbonyl (C=O) groups excluding carboxylic acids is 1. The lowest BCUT2D eigenvalue weighted by atomic mass is 10.2. The molecule has 8 heteroatoms. The van der Waals surface area contributed by atoms with Gasteiger partial charge in [-0.15, -0.1) is 10.2 Å². The molecule has 0 saturated carbocycles. The summed E-state index contributed by atoms with van der Waals surface area (Å²) in [5, 5.41) is 13.6. The van der Waals surface area contributed by atoms with Gasteiger partial charge in [-0.2, -0.15) is 0 Å². The maximum Gasteiger partial charge on any atom is 0.234 e. The van der Waals surface area contributed by atoms with Gasteiger partial charge < -0.3 is 9.88 Å². The number of halogens is 1. The van der Waals surface area contributed by atoms with Gasteiger partial charge in [-0.25, -0.2) is 4.98 Å². The fourth-order valence-corrected chi connectivity index (χ4v) is 3.77. The van der Waals surface area contributed by atoms with Crippen LogP contribution in [0.25, 0.3) is 22.1 Å². The molecule has 0 saturated heterocycles. The Kier molecular flexibility index (Phi) is 5.45. The summed E-state index contributed by atoms with van der Waals surface area (Å²) in [5.74, 6) is 0.0641. The molecule has 0 fully saturated rings. The van der Waals surface area contributed by atoms with E-state index in [9.17, 15) is 4.79 Å². The average Bonchev–Trinajstić information content (AvgIpc) is 3.02. The maximum absolute atomic E-state index is 12.2. The van der Waals surface area contributed by atoms with Gasteiger partial charge in [0.1, 0.15) is 5.52 Å². The molecule has 0 aliphatic rings. The van der Waals surface area contributed by atoms with Gasteiger partial charge in [0.2, 0.25) is 11.1 Å². The second-order valence-electron chi connectivity index (χ2n) is 6.28. The molecule has 4 rings (SSSR count). The summed E-state index contributed by atoms with van der Waals surface area (Å²) >= 11 is 7.13. The van der Waals surface area contributed by atoms with Gasteiger partial charge in [0.15, 0.2) is 5.65 Å². The first-order valence-corrected chi connectivity index (χ1v) is 10.3. The number of aromatic nitrogens is 4. The van der Waals surface area contributed by atoms with E-state index >= 15 is 0 Å². The fourth-order valence-electron chi connectivity index (χ4n) is 3.06. The molecular weight excluding hydrogens is 394 g/mol. The topological polar surface area (TPSA) is 72.7 Å². The zero-order valence-corrected chi connectivity index (χ0v) is 16.8. The maximum atomic E-state index is 12.2. The molecule has 0 aliphatic heterocycles. The number of thioether (sulfide) groups is 1. The Morgan fingerprint density at radius 2 is 1.93 bits per heavy atom. The van der Waals surface area contributed by atoms with Crippen LogP contribution < -0.4 is 5.32 Å². The molecule has 4 aromatic rings. The predicted octanol–water partition coefficient (Wildman–Crippen LogP) is 4.77. The number of anilines is 1. The standard InChI is InChI=1S/C20H18ClN5OS/c1-2-11-26-16-6-4-3-5-15(16)18-19(26)23-20(25-24-18)28-12-17(27)22-14-9-7-13(21)8-10-14/h3-10H,2,11-12H2,1H3,(H,22,27).